The van der Waals surface area contributed by atoms with Crippen molar-refractivity contribution in [2.45, 2.75) is 85.9 Å². The Kier molecular flexibility index (Phi) is 8.60. The second-order valence-electron chi connectivity index (χ2n) is 7.19. The van der Waals surface area contributed by atoms with Gasteiger partial charge in [-0.15, -0.1) is 0 Å². The zero-order valence-corrected chi connectivity index (χ0v) is 14.7. The van der Waals surface area contributed by atoms with Crippen molar-refractivity contribution < 1.29 is 19.1 Å². The van der Waals surface area contributed by atoms with Gasteiger partial charge in [0.2, 0.25) is 0 Å². The summed E-state index contributed by atoms with van der Waals surface area (Å²) < 4.78 is 10.3. The SMILES string of the molecule is CC(C)C(=O)OC(C)(C)C.CC(C)C(=O)OC1CCCC1. The number of esters is 2. The van der Waals surface area contributed by atoms with Crippen LogP contribution in [0.15, 0.2) is 0 Å². The molecular weight excluding hydrogens is 268 g/mol. The van der Waals surface area contributed by atoms with E-state index in [0.29, 0.717) is 0 Å². The van der Waals surface area contributed by atoms with Crippen LogP contribution in [-0.2, 0) is 19.1 Å². The van der Waals surface area contributed by atoms with E-state index in [4.69, 9.17) is 9.47 Å². The van der Waals surface area contributed by atoms with E-state index < -0.39 is 0 Å². The number of carbonyl (C=O) groups is 2. The van der Waals surface area contributed by atoms with E-state index >= 15 is 0 Å². The van der Waals surface area contributed by atoms with Crippen LogP contribution in [0.4, 0.5) is 0 Å². The summed E-state index contributed by atoms with van der Waals surface area (Å²) in [6.45, 7) is 13.0. The lowest BCUT2D eigenvalue weighted by Crippen LogP contribution is -2.26. The Hall–Kier alpha value is -1.06. The van der Waals surface area contributed by atoms with Crippen LogP contribution >= 0.6 is 0 Å². The van der Waals surface area contributed by atoms with Crippen molar-refractivity contribution >= 4 is 11.9 Å². The van der Waals surface area contributed by atoms with E-state index in [1.165, 1.54) is 12.8 Å². The predicted molar refractivity (Wildman–Crippen MR) is 83.9 cm³/mol. The van der Waals surface area contributed by atoms with E-state index in [0.717, 1.165) is 12.8 Å². The van der Waals surface area contributed by atoms with E-state index in [9.17, 15) is 9.59 Å². The molecule has 0 saturated heterocycles. The van der Waals surface area contributed by atoms with Crippen LogP contribution in [-0.4, -0.2) is 23.6 Å². The standard InChI is InChI=1S/C9H16O2.C8H16O2/c1-7(2)9(10)11-8-5-3-4-6-8;1-6(2)7(9)10-8(3,4)5/h7-8H,3-6H2,1-2H3;6H,1-5H3. The van der Waals surface area contributed by atoms with Gasteiger partial charge in [-0.1, -0.05) is 27.7 Å². The third-order valence-electron chi connectivity index (χ3n) is 2.93. The fourth-order valence-corrected chi connectivity index (χ4v) is 1.73. The Morgan fingerprint density at radius 1 is 0.905 bits per heavy atom. The van der Waals surface area contributed by atoms with Gasteiger partial charge in [0.25, 0.3) is 0 Å². The maximum Gasteiger partial charge on any atom is 0.308 e. The van der Waals surface area contributed by atoms with Gasteiger partial charge in [-0.05, 0) is 46.5 Å². The highest BCUT2D eigenvalue weighted by molar-refractivity contribution is 5.72. The van der Waals surface area contributed by atoms with Gasteiger partial charge in [-0.2, -0.15) is 0 Å². The van der Waals surface area contributed by atoms with Crippen LogP contribution in [0.25, 0.3) is 0 Å². The van der Waals surface area contributed by atoms with E-state index in [2.05, 4.69) is 0 Å². The monoisotopic (exact) mass is 300 g/mol. The van der Waals surface area contributed by atoms with Crippen LogP contribution in [0.1, 0.15) is 74.1 Å². The number of hydrogen-bond donors (Lipinski definition) is 0. The summed E-state index contributed by atoms with van der Waals surface area (Å²) in [6.07, 6.45) is 4.80. The Balaban J connectivity index is 0.000000384. The minimum atomic E-state index is -0.346. The quantitative estimate of drug-likeness (QED) is 0.736. The highest BCUT2D eigenvalue weighted by atomic mass is 16.6. The molecule has 21 heavy (non-hydrogen) atoms. The van der Waals surface area contributed by atoms with Gasteiger partial charge in [0.15, 0.2) is 0 Å². The van der Waals surface area contributed by atoms with Gasteiger partial charge in [-0.3, -0.25) is 9.59 Å². The molecule has 0 spiro atoms. The normalized spacial score (nSPS) is 15.7. The Bertz CT molecular complexity index is 320. The molecule has 0 unspecified atom stereocenters. The van der Waals surface area contributed by atoms with Crippen molar-refractivity contribution in [2.24, 2.45) is 11.8 Å². The smallest absolute Gasteiger partial charge is 0.308 e. The van der Waals surface area contributed by atoms with Gasteiger partial charge in [0.05, 0.1) is 11.8 Å². The first-order valence-corrected chi connectivity index (χ1v) is 7.96. The summed E-state index contributed by atoms with van der Waals surface area (Å²) in [7, 11) is 0. The van der Waals surface area contributed by atoms with Gasteiger partial charge in [0, 0.05) is 0 Å². The highest BCUT2D eigenvalue weighted by Crippen LogP contribution is 2.21. The fourth-order valence-electron chi connectivity index (χ4n) is 1.73. The Morgan fingerprint density at radius 3 is 1.62 bits per heavy atom. The molecule has 0 N–H and O–H groups in total. The van der Waals surface area contributed by atoms with Crippen LogP contribution < -0.4 is 0 Å². The van der Waals surface area contributed by atoms with Crippen molar-refractivity contribution in [1.82, 2.24) is 0 Å². The average Bonchev–Trinajstić information content (AvgIpc) is 2.80. The second-order valence-corrected chi connectivity index (χ2v) is 7.19. The Morgan fingerprint density at radius 2 is 1.33 bits per heavy atom. The molecule has 0 aromatic rings. The lowest BCUT2D eigenvalue weighted by Gasteiger charge is -2.20. The van der Waals surface area contributed by atoms with Gasteiger partial charge in [0.1, 0.15) is 11.7 Å². The van der Waals surface area contributed by atoms with Crippen molar-refractivity contribution in [3.63, 3.8) is 0 Å². The highest BCUT2D eigenvalue weighted by Gasteiger charge is 2.20. The molecule has 1 fully saturated rings. The molecule has 0 aromatic heterocycles. The van der Waals surface area contributed by atoms with Gasteiger partial charge in [-0.25, -0.2) is 0 Å². The first-order valence-electron chi connectivity index (χ1n) is 7.96. The molecule has 0 heterocycles. The molecule has 0 bridgehead atoms. The maximum atomic E-state index is 11.1. The summed E-state index contributed by atoms with van der Waals surface area (Å²) >= 11 is 0. The minimum absolute atomic E-state index is 0.0237. The molecule has 1 rings (SSSR count). The summed E-state index contributed by atoms with van der Waals surface area (Å²) in [5.41, 5.74) is -0.346. The second kappa shape index (κ2) is 9.06. The van der Waals surface area contributed by atoms with E-state index in [-0.39, 0.29) is 35.5 Å². The summed E-state index contributed by atoms with van der Waals surface area (Å²) in [6, 6.07) is 0. The molecule has 0 amide bonds. The van der Waals surface area contributed by atoms with Crippen LogP contribution in [0.2, 0.25) is 0 Å². The number of rotatable bonds is 3. The lowest BCUT2D eigenvalue weighted by atomic mass is 10.1. The zero-order valence-electron chi connectivity index (χ0n) is 14.7. The van der Waals surface area contributed by atoms with Crippen molar-refractivity contribution in [2.75, 3.05) is 0 Å². The van der Waals surface area contributed by atoms with Crippen LogP contribution in [0, 0.1) is 11.8 Å². The minimum Gasteiger partial charge on any atom is -0.462 e. The third kappa shape index (κ3) is 10.3. The maximum absolute atomic E-state index is 11.1. The molecule has 0 aliphatic heterocycles. The first-order chi connectivity index (χ1) is 9.53. The largest absolute Gasteiger partial charge is 0.462 e. The molecular formula is C17H32O4. The molecule has 1 aliphatic rings. The molecule has 124 valence electrons. The van der Waals surface area contributed by atoms with Gasteiger partial charge >= 0.3 is 11.9 Å². The molecule has 0 radical (unpaired) electrons. The molecule has 0 atom stereocenters. The Labute approximate surface area is 129 Å². The third-order valence-corrected chi connectivity index (χ3v) is 2.93. The van der Waals surface area contributed by atoms with E-state index in [1.807, 2.05) is 48.5 Å². The molecule has 4 nitrogen and oxygen atoms in total. The number of carbonyl (C=O) groups excluding carboxylic acids is 2. The van der Waals surface area contributed by atoms with Crippen molar-refractivity contribution in [3.05, 3.63) is 0 Å². The van der Waals surface area contributed by atoms with Crippen molar-refractivity contribution in [1.29, 1.82) is 0 Å². The van der Waals surface area contributed by atoms with Crippen LogP contribution in [0.3, 0.4) is 0 Å². The van der Waals surface area contributed by atoms with Crippen molar-refractivity contribution in [3.8, 4) is 0 Å². The topological polar surface area (TPSA) is 52.6 Å². The zero-order chi connectivity index (χ0) is 16.6. The summed E-state index contributed by atoms with van der Waals surface area (Å²) in [5.74, 6) is -0.181. The molecule has 0 aromatic carbocycles. The average molecular weight is 300 g/mol. The molecule has 1 aliphatic carbocycles. The summed E-state index contributed by atoms with van der Waals surface area (Å²) in [5, 5.41) is 0. The molecule has 4 heteroatoms. The first kappa shape index (κ1) is 19.9. The number of ether oxygens (including phenoxy) is 2. The molecule has 1 saturated carbocycles. The van der Waals surface area contributed by atoms with Crippen LogP contribution in [0.5, 0.6) is 0 Å². The van der Waals surface area contributed by atoms with E-state index in [1.54, 1.807) is 0 Å². The summed E-state index contributed by atoms with van der Waals surface area (Å²) in [4.78, 5) is 22.0. The van der Waals surface area contributed by atoms with Gasteiger partial charge < -0.3 is 9.47 Å². The lowest BCUT2D eigenvalue weighted by molar-refractivity contribution is -0.158. The number of hydrogen-bond acceptors (Lipinski definition) is 4. The predicted octanol–water partition coefficient (Wildman–Crippen LogP) is 4.11. The fraction of sp³-hybridized carbons (Fsp3) is 0.882.